The van der Waals surface area contributed by atoms with E-state index in [2.05, 4.69) is 11.2 Å². The van der Waals surface area contributed by atoms with Gasteiger partial charge in [-0.1, -0.05) is 53.7 Å². The number of benzene rings is 2. The van der Waals surface area contributed by atoms with Crippen LogP contribution in [0.5, 0.6) is 11.5 Å². The van der Waals surface area contributed by atoms with Crippen molar-refractivity contribution in [2.24, 2.45) is 5.16 Å². The van der Waals surface area contributed by atoms with Crippen molar-refractivity contribution in [1.29, 1.82) is 0 Å². The maximum absolute atomic E-state index is 13.1. The van der Waals surface area contributed by atoms with Crippen LogP contribution in [-0.4, -0.2) is 28.5 Å². The first-order valence-electron chi connectivity index (χ1n) is 10.4. The lowest BCUT2D eigenvalue weighted by Crippen LogP contribution is -2.15. The zero-order chi connectivity index (χ0) is 22.1. The molecule has 0 aliphatic carbocycles. The number of phenolic OH excluding ortho intramolecular Hbond substituents is 2. The standard InChI is InChI=1S/C25H27NO5/c1-2-30-26-20-13-9-4-3-5-10-14-23(18-11-7-6-8-12-18)31-25(29)24-19(15-20)16-21(27)17-22(24)28/h5-13,16-17,23,27-28H,2-4,14-15H2,1H3/b10-5+,13-9+,26-20?. The average Bonchev–Trinajstić information content (AvgIpc) is 2.75. The second-order valence-electron chi connectivity index (χ2n) is 7.17. The Morgan fingerprint density at radius 3 is 2.65 bits per heavy atom. The summed E-state index contributed by atoms with van der Waals surface area (Å²) in [7, 11) is 0. The third-order valence-corrected chi connectivity index (χ3v) is 4.82. The Kier molecular flexibility index (Phi) is 7.87. The maximum Gasteiger partial charge on any atom is 0.342 e. The molecule has 0 spiro atoms. The molecule has 162 valence electrons. The quantitative estimate of drug-likeness (QED) is 0.403. The molecule has 0 bridgehead atoms. The van der Waals surface area contributed by atoms with Crippen LogP contribution < -0.4 is 0 Å². The Hall–Kier alpha value is -3.54. The SMILES string of the molecule is CCON=C1/C=C/CC/C=C/CC(c2ccccc2)OC(=O)c2c(O)cc(O)cc2C1. The molecule has 2 N–H and O–H groups in total. The van der Waals surface area contributed by atoms with Crippen LogP contribution in [0.15, 0.2) is 71.9 Å². The van der Waals surface area contributed by atoms with Gasteiger partial charge in [0.25, 0.3) is 0 Å². The molecule has 2 aromatic carbocycles. The number of fused-ring (bicyclic) bond motifs is 1. The Morgan fingerprint density at radius 2 is 1.87 bits per heavy atom. The van der Waals surface area contributed by atoms with Gasteiger partial charge >= 0.3 is 5.97 Å². The number of ether oxygens (including phenoxy) is 1. The van der Waals surface area contributed by atoms with E-state index in [1.165, 1.54) is 6.07 Å². The number of carbonyl (C=O) groups excluding carboxylic acids is 1. The van der Waals surface area contributed by atoms with Gasteiger partial charge in [-0.2, -0.15) is 0 Å². The molecule has 2 aromatic rings. The van der Waals surface area contributed by atoms with Gasteiger partial charge in [-0.25, -0.2) is 4.79 Å². The molecule has 6 nitrogen and oxygen atoms in total. The van der Waals surface area contributed by atoms with Gasteiger partial charge in [0, 0.05) is 18.9 Å². The second kappa shape index (κ2) is 11.0. The average molecular weight is 421 g/mol. The number of allylic oxidation sites excluding steroid dienone is 3. The van der Waals surface area contributed by atoms with Crippen molar-refractivity contribution in [2.75, 3.05) is 6.61 Å². The summed E-state index contributed by atoms with van der Waals surface area (Å²) in [5, 5.41) is 24.6. The predicted octanol–water partition coefficient (Wildman–Crippen LogP) is 5.23. The Morgan fingerprint density at radius 1 is 1.10 bits per heavy atom. The molecule has 0 fully saturated rings. The van der Waals surface area contributed by atoms with Crippen molar-refractivity contribution in [3.05, 3.63) is 83.5 Å². The molecule has 31 heavy (non-hydrogen) atoms. The minimum atomic E-state index is -0.661. The van der Waals surface area contributed by atoms with E-state index in [9.17, 15) is 15.0 Å². The van der Waals surface area contributed by atoms with Crippen LogP contribution in [0.4, 0.5) is 0 Å². The minimum absolute atomic E-state index is 0.0115. The molecule has 1 aliphatic heterocycles. The molecule has 0 saturated carbocycles. The molecule has 0 radical (unpaired) electrons. The van der Waals surface area contributed by atoms with Gasteiger partial charge in [-0.05, 0) is 43.0 Å². The second-order valence-corrected chi connectivity index (χ2v) is 7.17. The van der Waals surface area contributed by atoms with Crippen LogP contribution in [0, 0.1) is 0 Å². The number of hydrogen-bond acceptors (Lipinski definition) is 6. The molecule has 0 aromatic heterocycles. The summed E-state index contributed by atoms with van der Waals surface area (Å²) in [6.07, 6.45) is 9.74. The Bertz CT molecular complexity index is 979. The normalized spacial score (nSPS) is 20.9. The van der Waals surface area contributed by atoms with Crippen molar-refractivity contribution in [1.82, 2.24) is 0 Å². The van der Waals surface area contributed by atoms with Gasteiger partial charge < -0.3 is 19.8 Å². The fourth-order valence-electron chi connectivity index (χ4n) is 3.37. The molecule has 1 atom stereocenters. The van der Waals surface area contributed by atoms with E-state index in [4.69, 9.17) is 9.57 Å². The fraction of sp³-hybridized carbons (Fsp3) is 0.280. The van der Waals surface area contributed by atoms with Gasteiger partial charge in [0.1, 0.15) is 29.8 Å². The summed E-state index contributed by atoms with van der Waals surface area (Å²) in [6.45, 7) is 2.23. The number of esters is 1. The first-order valence-corrected chi connectivity index (χ1v) is 10.4. The number of nitrogens with zero attached hydrogens (tertiary/aromatic N) is 1. The molecule has 1 heterocycles. The molecular weight excluding hydrogens is 394 g/mol. The smallest absolute Gasteiger partial charge is 0.342 e. The van der Waals surface area contributed by atoms with Crippen LogP contribution in [0.25, 0.3) is 0 Å². The molecular formula is C25H27NO5. The van der Waals surface area contributed by atoms with Crippen LogP contribution in [0.3, 0.4) is 0 Å². The topological polar surface area (TPSA) is 88.4 Å². The number of phenols is 2. The largest absolute Gasteiger partial charge is 0.508 e. The monoisotopic (exact) mass is 421 g/mol. The molecule has 0 amide bonds. The lowest BCUT2D eigenvalue weighted by Gasteiger charge is -2.19. The number of aromatic hydroxyl groups is 2. The summed E-state index contributed by atoms with van der Waals surface area (Å²) in [5.41, 5.74) is 1.86. The number of cyclic esters (lactones) is 1. The van der Waals surface area contributed by atoms with E-state index in [0.29, 0.717) is 24.3 Å². The summed E-state index contributed by atoms with van der Waals surface area (Å²) >= 11 is 0. The number of carbonyl (C=O) groups is 1. The summed E-state index contributed by atoms with van der Waals surface area (Å²) < 4.78 is 5.82. The van der Waals surface area contributed by atoms with Gasteiger partial charge in [0.15, 0.2) is 0 Å². The van der Waals surface area contributed by atoms with Crippen molar-refractivity contribution in [2.45, 2.75) is 38.7 Å². The van der Waals surface area contributed by atoms with Gasteiger partial charge in [0.2, 0.25) is 0 Å². The lowest BCUT2D eigenvalue weighted by atomic mass is 9.99. The molecule has 1 aliphatic rings. The lowest BCUT2D eigenvalue weighted by molar-refractivity contribution is 0.0299. The molecule has 6 heteroatoms. The van der Waals surface area contributed by atoms with Gasteiger partial charge in [-0.15, -0.1) is 0 Å². The molecule has 1 unspecified atom stereocenters. The fourth-order valence-corrected chi connectivity index (χ4v) is 3.37. The highest BCUT2D eigenvalue weighted by Crippen LogP contribution is 2.31. The highest BCUT2D eigenvalue weighted by molar-refractivity contribution is 6.00. The van der Waals surface area contributed by atoms with Crippen LogP contribution >= 0.6 is 0 Å². The Labute approximate surface area is 182 Å². The van der Waals surface area contributed by atoms with E-state index in [1.807, 2.05) is 55.5 Å². The minimum Gasteiger partial charge on any atom is -0.508 e. The van der Waals surface area contributed by atoms with Crippen molar-refractivity contribution in [3.63, 3.8) is 0 Å². The number of hydrogen-bond donors (Lipinski definition) is 2. The van der Waals surface area contributed by atoms with Gasteiger partial charge in [0.05, 0.1) is 5.71 Å². The van der Waals surface area contributed by atoms with E-state index >= 15 is 0 Å². The van der Waals surface area contributed by atoms with E-state index in [0.717, 1.165) is 24.5 Å². The Balaban J connectivity index is 2.03. The van der Waals surface area contributed by atoms with E-state index < -0.39 is 12.1 Å². The third kappa shape index (κ3) is 6.22. The summed E-state index contributed by atoms with van der Waals surface area (Å²) in [6, 6.07) is 12.1. The molecule has 3 rings (SSSR count). The van der Waals surface area contributed by atoms with Crippen molar-refractivity contribution < 1.29 is 24.6 Å². The maximum atomic E-state index is 13.1. The van der Waals surface area contributed by atoms with Gasteiger partial charge in [-0.3, -0.25) is 0 Å². The highest BCUT2D eigenvalue weighted by atomic mass is 16.6. The van der Waals surface area contributed by atoms with Crippen molar-refractivity contribution in [3.8, 4) is 11.5 Å². The summed E-state index contributed by atoms with van der Waals surface area (Å²) in [4.78, 5) is 18.3. The molecule has 0 saturated heterocycles. The van der Waals surface area contributed by atoms with E-state index in [1.54, 1.807) is 0 Å². The zero-order valence-corrected chi connectivity index (χ0v) is 17.5. The van der Waals surface area contributed by atoms with Crippen LogP contribution in [0.1, 0.15) is 53.8 Å². The highest BCUT2D eigenvalue weighted by Gasteiger charge is 2.24. The first-order chi connectivity index (χ1) is 15.1. The van der Waals surface area contributed by atoms with E-state index in [-0.39, 0.29) is 23.5 Å². The van der Waals surface area contributed by atoms with Crippen LogP contribution in [-0.2, 0) is 16.0 Å². The zero-order valence-electron chi connectivity index (χ0n) is 17.5. The third-order valence-electron chi connectivity index (χ3n) is 4.82. The predicted molar refractivity (Wildman–Crippen MR) is 119 cm³/mol. The first kappa shape index (κ1) is 22.2. The van der Waals surface area contributed by atoms with Crippen molar-refractivity contribution >= 4 is 11.7 Å². The van der Waals surface area contributed by atoms with Crippen LogP contribution in [0.2, 0.25) is 0 Å². The number of rotatable bonds is 3. The summed E-state index contributed by atoms with van der Waals surface area (Å²) in [5.74, 6) is -1.15. The number of oxime groups is 1.